The maximum atomic E-state index is 11.9. The molecule has 2 N–H and O–H groups in total. The minimum Gasteiger partial charge on any atom is -0.396 e. The summed E-state index contributed by atoms with van der Waals surface area (Å²) in [4.78, 5) is 13.2. The molecule has 1 aromatic carbocycles. The number of tetrazole rings is 1. The fourth-order valence-corrected chi connectivity index (χ4v) is 2.06. The molecule has 0 aliphatic carbocycles. The molecule has 0 aliphatic heterocycles. The van der Waals surface area contributed by atoms with E-state index in [9.17, 15) is 4.79 Å². The molecule has 0 bridgehead atoms. The van der Waals surface area contributed by atoms with Crippen molar-refractivity contribution in [3.8, 4) is 11.4 Å². The molecule has 0 atom stereocenters. The Morgan fingerprint density at radius 3 is 2.70 bits per heavy atom. The third-order valence-corrected chi connectivity index (χ3v) is 3.64. The van der Waals surface area contributed by atoms with Crippen LogP contribution < -0.4 is 5.32 Å². The Labute approximate surface area is 139 Å². The van der Waals surface area contributed by atoms with E-state index in [1.165, 1.54) is 4.80 Å². The number of carbonyl (C=O) groups excluding carboxylic acids is 1. The highest BCUT2D eigenvalue weighted by atomic mass is 35.5. The molecule has 0 saturated heterocycles. The molecular formula is C15H20ClN5O2. The zero-order valence-corrected chi connectivity index (χ0v) is 13.9. The summed E-state index contributed by atoms with van der Waals surface area (Å²) in [6, 6.07) is 7.07. The maximum absolute atomic E-state index is 11.9. The number of hydrogen-bond donors (Lipinski definition) is 2. The van der Waals surface area contributed by atoms with Crippen LogP contribution in [0.2, 0.25) is 5.02 Å². The summed E-state index contributed by atoms with van der Waals surface area (Å²) in [5, 5.41) is 24.4. The first kappa shape index (κ1) is 17.4. The summed E-state index contributed by atoms with van der Waals surface area (Å²) >= 11 is 5.84. The molecule has 0 aliphatic rings. The van der Waals surface area contributed by atoms with Gasteiger partial charge in [-0.2, -0.15) is 4.80 Å². The van der Waals surface area contributed by atoms with Crippen molar-refractivity contribution in [3.63, 3.8) is 0 Å². The van der Waals surface area contributed by atoms with Gasteiger partial charge < -0.3 is 10.4 Å². The fraction of sp³-hybridized carbons (Fsp3) is 0.467. The lowest BCUT2D eigenvalue weighted by Gasteiger charge is -2.23. The molecule has 2 rings (SSSR count). The van der Waals surface area contributed by atoms with E-state index in [1.807, 2.05) is 13.8 Å². The molecular weight excluding hydrogens is 318 g/mol. The molecule has 23 heavy (non-hydrogen) atoms. The first-order chi connectivity index (χ1) is 10.9. The predicted octanol–water partition coefficient (Wildman–Crippen LogP) is 1.52. The number of benzene rings is 1. The smallest absolute Gasteiger partial charge is 0.243 e. The minimum absolute atomic E-state index is 0.00417. The highest BCUT2D eigenvalue weighted by Crippen LogP contribution is 2.18. The number of aliphatic hydroxyl groups is 1. The second-order valence-corrected chi connectivity index (χ2v) is 6.50. The van der Waals surface area contributed by atoms with Gasteiger partial charge in [-0.05, 0) is 41.3 Å². The highest BCUT2D eigenvalue weighted by molar-refractivity contribution is 6.30. The van der Waals surface area contributed by atoms with Crippen LogP contribution in [0.5, 0.6) is 0 Å². The van der Waals surface area contributed by atoms with Gasteiger partial charge in [0.1, 0.15) is 6.54 Å². The van der Waals surface area contributed by atoms with Crippen LogP contribution in [0.25, 0.3) is 11.4 Å². The van der Waals surface area contributed by atoms with Gasteiger partial charge in [0.05, 0.1) is 0 Å². The Balaban J connectivity index is 1.91. The van der Waals surface area contributed by atoms with Crippen molar-refractivity contribution in [1.29, 1.82) is 0 Å². The number of carbonyl (C=O) groups is 1. The first-order valence-electron chi connectivity index (χ1n) is 7.31. The Hall–Kier alpha value is -1.99. The molecule has 1 heterocycles. The average molecular weight is 338 g/mol. The van der Waals surface area contributed by atoms with Crippen molar-refractivity contribution in [2.45, 2.75) is 26.8 Å². The van der Waals surface area contributed by atoms with E-state index in [0.717, 1.165) is 5.56 Å². The number of hydrogen-bond acceptors (Lipinski definition) is 5. The Kier molecular flexibility index (Phi) is 5.68. The summed E-state index contributed by atoms with van der Waals surface area (Å²) in [6.45, 7) is 4.53. The van der Waals surface area contributed by atoms with Gasteiger partial charge in [-0.15, -0.1) is 10.2 Å². The third-order valence-electron chi connectivity index (χ3n) is 3.39. The topological polar surface area (TPSA) is 92.9 Å². The molecule has 124 valence electrons. The van der Waals surface area contributed by atoms with Crippen LogP contribution in [0.1, 0.15) is 20.3 Å². The van der Waals surface area contributed by atoms with Crippen LogP contribution in [0.15, 0.2) is 24.3 Å². The van der Waals surface area contributed by atoms with E-state index < -0.39 is 0 Å². The van der Waals surface area contributed by atoms with E-state index in [2.05, 4.69) is 20.7 Å². The van der Waals surface area contributed by atoms with E-state index in [1.54, 1.807) is 24.3 Å². The van der Waals surface area contributed by atoms with Gasteiger partial charge in [0.25, 0.3) is 0 Å². The number of aromatic nitrogens is 4. The standard InChI is InChI=1S/C15H20ClN5O2/c1-15(2,7-8-22)10-17-13(23)9-21-19-14(18-20-21)11-3-5-12(16)6-4-11/h3-6,22H,7-10H2,1-2H3,(H,17,23). The van der Waals surface area contributed by atoms with Crippen LogP contribution in [0, 0.1) is 5.41 Å². The Morgan fingerprint density at radius 1 is 1.35 bits per heavy atom. The lowest BCUT2D eigenvalue weighted by Crippen LogP contribution is -2.36. The average Bonchev–Trinajstić information content (AvgIpc) is 2.94. The van der Waals surface area contributed by atoms with E-state index in [-0.39, 0.29) is 24.5 Å². The lowest BCUT2D eigenvalue weighted by atomic mass is 9.90. The first-order valence-corrected chi connectivity index (χ1v) is 7.69. The summed E-state index contributed by atoms with van der Waals surface area (Å²) in [5.74, 6) is 0.242. The summed E-state index contributed by atoms with van der Waals surface area (Å²) in [7, 11) is 0. The van der Waals surface area contributed by atoms with Gasteiger partial charge in [-0.3, -0.25) is 4.79 Å². The third kappa shape index (κ3) is 5.30. The normalized spacial score (nSPS) is 11.5. The Bertz CT molecular complexity index is 654. The fourth-order valence-electron chi connectivity index (χ4n) is 1.94. The van der Waals surface area contributed by atoms with Gasteiger partial charge in [-0.1, -0.05) is 25.4 Å². The molecule has 8 heteroatoms. The van der Waals surface area contributed by atoms with Gasteiger partial charge in [0.15, 0.2) is 0 Å². The zero-order chi connectivity index (χ0) is 16.9. The molecule has 0 radical (unpaired) electrons. The van der Waals surface area contributed by atoms with E-state index in [0.29, 0.717) is 23.8 Å². The number of halogens is 1. The molecule has 0 unspecified atom stereocenters. The van der Waals surface area contributed by atoms with E-state index in [4.69, 9.17) is 16.7 Å². The number of amides is 1. The van der Waals surface area contributed by atoms with Gasteiger partial charge >= 0.3 is 0 Å². The van der Waals surface area contributed by atoms with Crippen molar-refractivity contribution in [2.75, 3.05) is 13.2 Å². The maximum Gasteiger partial charge on any atom is 0.243 e. The van der Waals surface area contributed by atoms with Crippen LogP contribution in [-0.4, -0.2) is 44.4 Å². The van der Waals surface area contributed by atoms with Gasteiger partial charge in [0, 0.05) is 23.7 Å². The molecule has 0 fully saturated rings. The second-order valence-electron chi connectivity index (χ2n) is 6.06. The summed E-state index contributed by atoms with van der Waals surface area (Å²) < 4.78 is 0. The highest BCUT2D eigenvalue weighted by Gasteiger charge is 2.18. The van der Waals surface area contributed by atoms with Crippen molar-refractivity contribution in [1.82, 2.24) is 25.5 Å². The van der Waals surface area contributed by atoms with Crippen molar-refractivity contribution >= 4 is 17.5 Å². The summed E-state index contributed by atoms with van der Waals surface area (Å²) in [6.07, 6.45) is 0.621. The quantitative estimate of drug-likeness (QED) is 0.799. The number of rotatable bonds is 7. The Morgan fingerprint density at radius 2 is 2.04 bits per heavy atom. The zero-order valence-electron chi connectivity index (χ0n) is 13.2. The molecule has 0 saturated carbocycles. The van der Waals surface area contributed by atoms with Crippen LogP contribution in [0.4, 0.5) is 0 Å². The largest absolute Gasteiger partial charge is 0.396 e. The molecule has 0 spiro atoms. The molecule has 7 nitrogen and oxygen atoms in total. The number of aliphatic hydroxyl groups excluding tert-OH is 1. The number of nitrogens with one attached hydrogen (secondary N) is 1. The minimum atomic E-state index is -0.198. The second kappa shape index (κ2) is 7.52. The predicted molar refractivity (Wildman–Crippen MR) is 86.8 cm³/mol. The number of nitrogens with zero attached hydrogens (tertiary/aromatic N) is 4. The van der Waals surface area contributed by atoms with Gasteiger partial charge in [-0.25, -0.2) is 0 Å². The SMILES string of the molecule is CC(C)(CCO)CNC(=O)Cn1nnc(-c2ccc(Cl)cc2)n1. The van der Waals surface area contributed by atoms with Crippen molar-refractivity contribution < 1.29 is 9.90 Å². The van der Waals surface area contributed by atoms with E-state index >= 15 is 0 Å². The molecule has 1 amide bonds. The monoisotopic (exact) mass is 337 g/mol. The van der Waals surface area contributed by atoms with Crippen LogP contribution >= 0.6 is 11.6 Å². The lowest BCUT2D eigenvalue weighted by molar-refractivity contribution is -0.122. The molecule has 1 aromatic heterocycles. The molecule has 2 aromatic rings. The van der Waals surface area contributed by atoms with Gasteiger partial charge in [0.2, 0.25) is 11.7 Å². The van der Waals surface area contributed by atoms with Crippen molar-refractivity contribution in [2.24, 2.45) is 5.41 Å². The van der Waals surface area contributed by atoms with Crippen LogP contribution in [0.3, 0.4) is 0 Å². The van der Waals surface area contributed by atoms with Crippen LogP contribution in [-0.2, 0) is 11.3 Å². The summed E-state index contributed by atoms with van der Waals surface area (Å²) in [5.41, 5.74) is 0.624. The van der Waals surface area contributed by atoms with Crippen molar-refractivity contribution in [3.05, 3.63) is 29.3 Å².